The molecule has 10 heteroatoms. The first-order valence-corrected chi connectivity index (χ1v) is 12.5. The van der Waals surface area contributed by atoms with Crippen LogP contribution in [0.25, 0.3) is 0 Å². The van der Waals surface area contributed by atoms with E-state index in [1.165, 1.54) is 11.9 Å². The van der Waals surface area contributed by atoms with Crippen molar-refractivity contribution >= 4 is 50.7 Å². The van der Waals surface area contributed by atoms with E-state index in [-0.39, 0.29) is 12.5 Å². The zero-order valence-electron chi connectivity index (χ0n) is 18.6. The van der Waals surface area contributed by atoms with E-state index in [4.69, 9.17) is 23.2 Å². The molecule has 0 bridgehead atoms. The van der Waals surface area contributed by atoms with Crippen LogP contribution in [0.15, 0.2) is 36.4 Å². The van der Waals surface area contributed by atoms with Crippen LogP contribution < -0.4 is 9.62 Å². The van der Waals surface area contributed by atoms with Crippen molar-refractivity contribution in [1.29, 1.82) is 0 Å². The maximum absolute atomic E-state index is 13.4. The van der Waals surface area contributed by atoms with Crippen LogP contribution in [0.2, 0.25) is 10.0 Å². The molecule has 0 saturated heterocycles. The quantitative estimate of drug-likeness (QED) is 0.601. The fourth-order valence-electron chi connectivity index (χ4n) is 3.21. The van der Waals surface area contributed by atoms with Gasteiger partial charge in [-0.25, -0.2) is 8.42 Å². The number of likely N-dealkylation sites (N-methyl/N-ethyl adjacent to an activating group) is 1. The Balaban J connectivity index is 2.44. The minimum absolute atomic E-state index is 0.0503. The van der Waals surface area contributed by atoms with Gasteiger partial charge in [0.15, 0.2) is 0 Å². The lowest BCUT2D eigenvalue weighted by molar-refractivity contribution is -0.139. The summed E-state index contributed by atoms with van der Waals surface area (Å²) in [4.78, 5) is 27.0. The van der Waals surface area contributed by atoms with Gasteiger partial charge in [-0.05, 0) is 55.7 Å². The standard InChI is InChI=1S/C22H27Cl2N3O4S/c1-14-6-7-15(2)20(10-14)27(32(5,30)31)13-21(28)26(16(3)22(29)25-4)12-17-8-9-18(23)19(24)11-17/h6-11,16H,12-13H2,1-5H3,(H,25,29). The normalized spacial score (nSPS) is 12.2. The van der Waals surface area contributed by atoms with Crippen LogP contribution in [0.1, 0.15) is 23.6 Å². The summed E-state index contributed by atoms with van der Waals surface area (Å²) < 4.78 is 26.3. The Morgan fingerprint density at radius 3 is 2.28 bits per heavy atom. The van der Waals surface area contributed by atoms with Crippen molar-refractivity contribution in [2.24, 2.45) is 0 Å². The van der Waals surface area contributed by atoms with Crippen molar-refractivity contribution < 1.29 is 18.0 Å². The van der Waals surface area contributed by atoms with E-state index in [0.717, 1.165) is 16.1 Å². The fraction of sp³-hybridized carbons (Fsp3) is 0.364. The summed E-state index contributed by atoms with van der Waals surface area (Å²) in [6, 6.07) is 9.45. The van der Waals surface area contributed by atoms with Gasteiger partial charge in [-0.1, -0.05) is 41.4 Å². The van der Waals surface area contributed by atoms with Crippen LogP contribution in [-0.4, -0.2) is 51.0 Å². The highest BCUT2D eigenvalue weighted by Gasteiger charge is 2.30. The minimum atomic E-state index is -3.78. The van der Waals surface area contributed by atoms with Crippen molar-refractivity contribution in [3.8, 4) is 0 Å². The predicted octanol–water partition coefficient (Wildman–Crippen LogP) is 3.54. The molecule has 0 aromatic heterocycles. The summed E-state index contributed by atoms with van der Waals surface area (Å²) in [5.74, 6) is -0.908. The van der Waals surface area contributed by atoms with Crippen LogP contribution in [0.3, 0.4) is 0 Å². The molecule has 174 valence electrons. The monoisotopic (exact) mass is 499 g/mol. The summed E-state index contributed by atoms with van der Waals surface area (Å²) >= 11 is 12.1. The fourth-order valence-corrected chi connectivity index (χ4v) is 4.43. The van der Waals surface area contributed by atoms with Crippen molar-refractivity contribution in [2.75, 3.05) is 24.2 Å². The van der Waals surface area contributed by atoms with Crippen molar-refractivity contribution in [1.82, 2.24) is 10.2 Å². The van der Waals surface area contributed by atoms with Gasteiger partial charge in [0.2, 0.25) is 21.8 Å². The third kappa shape index (κ3) is 6.37. The summed E-state index contributed by atoms with van der Waals surface area (Å²) in [5, 5.41) is 3.21. The molecule has 1 N–H and O–H groups in total. The Bertz CT molecular complexity index is 1120. The Hall–Kier alpha value is -2.29. The van der Waals surface area contributed by atoms with Crippen LogP contribution in [0.4, 0.5) is 5.69 Å². The number of anilines is 1. The van der Waals surface area contributed by atoms with Gasteiger partial charge in [-0.3, -0.25) is 13.9 Å². The lowest BCUT2D eigenvalue weighted by atomic mass is 10.1. The lowest BCUT2D eigenvalue weighted by Crippen LogP contribution is -2.50. The van der Waals surface area contributed by atoms with E-state index < -0.39 is 28.5 Å². The third-order valence-electron chi connectivity index (χ3n) is 5.06. The smallest absolute Gasteiger partial charge is 0.244 e. The predicted molar refractivity (Wildman–Crippen MR) is 129 cm³/mol. The van der Waals surface area contributed by atoms with Gasteiger partial charge < -0.3 is 10.2 Å². The highest BCUT2D eigenvalue weighted by molar-refractivity contribution is 7.92. The summed E-state index contributed by atoms with van der Waals surface area (Å²) in [6.45, 7) is 4.80. The first kappa shape index (κ1) is 26.0. The van der Waals surface area contributed by atoms with Crippen LogP contribution in [0.5, 0.6) is 0 Å². The first-order chi connectivity index (χ1) is 14.8. The highest BCUT2D eigenvalue weighted by Crippen LogP contribution is 2.26. The van der Waals surface area contributed by atoms with Gasteiger partial charge in [-0.2, -0.15) is 0 Å². The van der Waals surface area contributed by atoms with Crippen molar-refractivity contribution in [2.45, 2.75) is 33.4 Å². The number of hydrogen-bond acceptors (Lipinski definition) is 4. The average Bonchev–Trinajstić information content (AvgIpc) is 2.72. The molecule has 2 aromatic carbocycles. The van der Waals surface area contributed by atoms with E-state index in [9.17, 15) is 18.0 Å². The zero-order chi connectivity index (χ0) is 24.2. The molecule has 0 radical (unpaired) electrons. The molecule has 0 aliphatic carbocycles. The summed E-state index contributed by atoms with van der Waals surface area (Å²) in [7, 11) is -2.30. The minimum Gasteiger partial charge on any atom is -0.357 e. The molecular formula is C22H27Cl2N3O4S. The van der Waals surface area contributed by atoms with Gasteiger partial charge in [-0.15, -0.1) is 0 Å². The van der Waals surface area contributed by atoms with Gasteiger partial charge in [0.25, 0.3) is 0 Å². The molecule has 1 atom stereocenters. The first-order valence-electron chi connectivity index (χ1n) is 9.85. The molecule has 2 aromatic rings. The highest BCUT2D eigenvalue weighted by atomic mass is 35.5. The molecule has 0 aliphatic heterocycles. The van der Waals surface area contributed by atoms with Crippen LogP contribution in [0, 0.1) is 13.8 Å². The van der Waals surface area contributed by atoms with Gasteiger partial charge in [0.1, 0.15) is 12.6 Å². The number of carbonyl (C=O) groups excluding carboxylic acids is 2. The second kappa shape index (κ2) is 10.6. The van der Waals surface area contributed by atoms with Crippen LogP contribution >= 0.6 is 23.2 Å². The molecule has 2 amide bonds. The van der Waals surface area contributed by atoms with E-state index in [1.807, 2.05) is 13.0 Å². The largest absolute Gasteiger partial charge is 0.357 e. The van der Waals surface area contributed by atoms with Crippen LogP contribution in [-0.2, 0) is 26.2 Å². The Kier molecular flexibility index (Phi) is 8.56. The third-order valence-corrected chi connectivity index (χ3v) is 6.93. The number of aryl methyl sites for hydroxylation is 2. The van der Waals surface area contributed by atoms with Gasteiger partial charge in [0, 0.05) is 13.6 Å². The number of sulfonamides is 1. The molecule has 2 rings (SSSR count). The van der Waals surface area contributed by atoms with Gasteiger partial charge in [0.05, 0.1) is 22.0 Å². The number of amides is 2. The summed E-state index contributed by atoms with van der Waals surface area (Å²) in [5.41, 5.74) is 2.64. The number of hydrogen-bond donors (Lipinski definition) is 1. The van der Waals surface area contributed by atoms with Gasteiger partial charge >= 0.3 is 0 Å². The SMILES string of the molecule is CNC(=O)C(C)N(Cc1ccc(Cl)c(Cl)c1)C(=O)CN(c1cc(C)ccc1C)S(C)(=O)=O. The number of benzene rings is 2. The molecule has 0 spiro atoms. The topological polar surface area (TPSA) is 86.8 Å². The zero-order valence-corrected chi connectivity index (χ0v) is 21.0. The van der Waals surface area contributed by atoms with E-state index >= 15 is 0 Å². The molecule has 1 unspecified atom stereocenters. The molecule has 0 aliphatic rings. The van der Waals surface area contributed by atoms with E-state index in [2.05, 4.69) is 5.32 Å². The Morgan fingerprint density at radius 1 is 1.06 bits per heavy atom. The maximum Gasteiger partial charge on any atom is 0.244 e. The number of nitrogens with one attached hydrogen (secondary N) is 1. The average molecular weight is 500 g/mol. The van der Waals surface area contributed by atoms with E-state index in [0.29, 0.717) is 26.9 Å². The number of rotatable bonds is 8. The molecule has 0 heterocycles. The number of carbonyl (C=O) groups is 2. The molecule has 0 saturated carbocycles. The lowest BCUT2D eigenvalue weighted by Gasteiger charge is -2.31. The molecule has 32 heavy (non-hydrogen) atoms. The Morgan fingerprint density at radius 2 is 1.72 bits per heavy atom. The molecule has 7 nitrogen and oxygen atoms in total. The second-order valence-corrected chi connectivity index (χ2v) is 10.3. The van der Waals surface area contributed by atoms with Crippen molar-refractivity contribution in [3.63, 3.8) is 0 Å². The van der Waals surface area contributed by atoms with Crippen molar-refractivity contribution in [3.05, 3.63) is 63.1 Å². The number of halogens is 2. The number of nitrogens with zero attached hydrogens (tertiary/aromatic N) is 2. The summed E-state index contributed by atoms with van der Waals surface area (Å²) in [6.07, 6.45) is 1.05. The molecular weight excluding hydrogens is 473 g/mol. The maximum atomic E-state index is 13.4. The second-order valence-electron chi connectivity index (χ2n) is 7.62. The van der Waals surface area contributed by atoms with E-state index in [1.54, 1.807) is 44.2 Å². The molecule has 0 fully saturated rings. The Labute approximate surface area is 199 Å².